The summed E-state index contributed by atoms with van der Waals surface area (Å²) in [5.41, 5.74) is 0. The van der Waals surface area contributed by atoms with Gasteiger partial charge in [0, 0.05) is 13.3 Å². The molecule has 0 bridgehead atoms. The van der Waals surface area contributed by atoms with E-state index in [4.69, 9.17) is 0 Å². The van der Waals surface area contributed by atoms with Crippen molar-refractivity contribution in [2.75, 3.05) is 23.8 Å². The van der Waals surface area contributed by atoms with Crippen LogP contribution in [-0.2, 0) is 0 Å². The van der Waals surface area contributed by atoms with Gasteiger partial charge < -0.3 is 0 Å². The molecule has 0 saturated heterocycles. The van der Waals surface area contributed by atoms with Crippen LogP contribution in [0.5, 0.6) is 0 Å². The minimum atomic E-state index is 0.0675. The number of alkyl halides is 1. The molecule has 0 aromatic rings. The fraction of sp³-hybridized carbons (Fsp3) is 1.00. The van der Waals surface area contributed by atoms with Gasteiger partial charge in [-0.05, 0) is 25.7 Å². The van der Waals surface area contributed by atoms with E-state index in [1.54, 1.807) is 18.5 Å². The van der Waals surface area contributed by atoms with Gasteiger partial charge in [0.15, 0.2) is 0 Å². The van der Waals surface area contributed by atoms with Crippen molar-refractivity contribution < 1.29 is 0 Å². The molecule has 0 N–H and O–H groups in total. The standard InChI is InChI=1S/C12H25Br.C12H27P/c1-2-3-4-5-6-7-8-9-10-11-12-13;1-4-7-10-13(11-8-5-2)12-9-6-3/h2-12H2,1H3;4-12H2,1-3H3/p+1. The monoisotopic (exact) mass is 451 g/mol. The maximum absolute atomic E-state index is 3.46. The number of unbranched alkanes of at least 4 members (excludes halogenated alkanes) is 12. The van der Waals surface area contributed by atoms with Crippen LogP contribution in [0, 0.1) is 0 Å². The van der Waals surface area contributed by atoms with Gasteiger partial charge in [-0.15, -0.1) is 0 Å². The summed E-state index contributed by atoms with van der Waals surface area (Å²) >= 11 is 3.46. The van der Waals surface area contributed by atoms with E-state index in [-0.39, 0.29) is 7.92 Å². The Labute approximate surface area is 178 Å². The summed E-state index contributed by atoms with van der Waals surface area (Å²) in [4.78, 5) is 0. The fourth-order valence-corrected chi connectivity index (χ4v) is 6.94. The molecule has 26 heavy (non-hydrogen) atoms. The first-order chi connectivity index (χ1) is 12.8. The molecule has 0 saturated carbocycles. The van der Waals surface area contributed by atoms with Crippen molar-refractivity contribution >= 4 is 23.9 Å². The zero-order chi connectivity index (χ0) is 19.7. The van der Waals surface area contributed by atoms with E-state index >= 15 is 0 Å². The van der Waals surface area contributed by atoms with E-state index in [2.05, 4.69) is 43.6 Å². The molecule has 0 amide bonds. The van der Waals surface area contributed by atoms with Crippen LogP contribution in [0.15, 0.2) is 0 Å². The third-order valence-corrected chi connectivity index (χ3v) is 8.88. The normalized spacial score (nSPS) is 10.8. The van der Waals surface area contributed by atoms with E-state index in [0.717, 1.165) is 0 Å². The summed E-state index contributed by atoms with van der Waals surface area (Å²) in [6.07, 6.45) is 27.7. The Bertz CT molecular complexity index is 191. The van der Waals surface area contributed by atoms with Crippen molar-refractivity contribution in [3.63, 3.8) is 0 Å². The van der Waals surface area contributed by atoms with Gasteiger partial charge in [-0.2, -0.15) is 0 Å². The van der Waals surface area contributed by atoms with Crippen LogP contribution in [-0.4, -0.2) is 23.8 Å². The van der Waals surface area contributed by atoms with Crippen molar-refractivity contribution in [1.82, 2.24) is 0 Å². The number of rotatable bonds is 19. The molecular weight excluding hydrogens is 399 g/mol. The first kappa shape index (κ1) is 29.1. The van der Waals surface area contributed by atoms with Crippen LogP contribution in [0.2, 0.25) is 0 Å². The number of hydrogen-bond acceptors (Lipinski definition) is 0. The van der Waals surface area contributed by atoms with E-state index in [1.807, 2.05) is 0 Å². The van der Waals surface area contributed by atoms with Crippen LogP contribution in [0.3, 0.4) is 0 Å². The zero-order valence-corrected chi connectivity index (χ0v) is 21.6. The number of hydrogen-bond donors (Lipinski definition) is 0. The van der Waals surface area contributed by atoms with Gasteiger partial charge in [0.25, 0.3) is 0 Å². The molecule has 0 unspecified atom stereocenters. The van der Waals surface area contributed by atoms with Gasteiger partial charge in [0.1, 0.15) is 0 Å². The van der Waals surface area contributed by atoms with Crippen molar-refractivity contribution in [3.8, 4) is 0 Å². The predicted molar refractivity (Wildman–Crippen MR) is 133 cm³/mol. The average molecular weight is 453 g/mol. The van der Waals surface area contributed by atoms with E-state index in [0.29, 0.717) is 0 Å². The first-order valence-corrected chi connectivity index (χ1v) is 15.4. The second kappa shape index (κ2) is 28.1. The number of halogens is 1. The third kappa shape index (κ3) is 27.1. The Hall–Kier alpha value is 0.910. The van der Waals surface area contributed by atoms with Gasteiger partial charge in [-0.1, -0.05) is 121 Å². The summed E-state index contributed by atoms with van der Waals surface area (Å²) in [5.74, 6) is 0. The molecular formula is C24H53BrP+. The average Bonchev–Trinajstić information content (AvgIpc) is 2.66. The summed E-state index contributed by atoms with van der Waals surface area (Å²) < 4.78 is 0. The Balaban J connectivity index is 0. The van der Waals surface area contributed by atoms with Gasteiger partial charge in [0.05, 0.1) is 18.5 Å². The van der Waals surface area contributed by atoms with Gasteiger partial charge in [-0.3, -0.25) is 0 Å². The molecule has 0 atom stereocenters. The second-order valence-corrected chi connectivity index (χ2v) is 11.7. The highest BCUT2D eigenvalue weighted by Gasteiger charge is 2.12. The summed E-state index contributed by atoms with van der Waals surface area (Å²) in [5, 5.41) is 1.18. The topological polar surface area (TPSA) is 0 Å². The molecule has 0 fully saturated rings. The van der Waals surface area contributed by atoms with E-state index in [9.17, 15) is 0 Å². The summed E-state index contributed by atoms with van der Waals surface area (Å²) in [6.45, 7) is 9.23. The minimum absolute atomic E-state index is 0.0675. The molecule has 2 heteroatoms. The Morgan fingerprint density at radius 3 is 1.04 bits per heavy atom. The lowest BCUT2D eigenvalue weighted by atomic mass is 10.1. The van der Waals surface area contributed by atoms with E-state index in [1.165, 1.54) is 108 Å². The molecule has 0 rings (SSSR count). The van der Waals surface area contributed by atoms with Crippen molar-refractivity contribution in [1.29, 1.82) is 0 Å². The molecule has 0 aliphatic rings. The first-order valence-electron chi connectivity index (χ1n) is 12.2. The van der Waals surface area contributed by atoms with Crippen LogP contribution in [0.1, 0.15) is 130 Å². The zero-order valence-electron chi connectivity index (χ0n) is 19.0. The lowest BCUT2D eigenvalue weighted by molar-refractivity contribution is 0.563. The predicted octanol–water partition coefficient (Wildman–Crippen LogP) is 9.90. The lowest BCUT2D eigenvalue weighted by Gasteiger charge is -2.09. The molecule has 0 nitrogen and oxygen atoms in total. The summed E-state index contributed by atoms with van der Waals surface area (Å²) in [7, 11) is 0.0675. The molecule has 160 valence electrons. The fourth-order valence-electron chi connectivity index (χ4n) is 3.24. The van der Waals surface area contributed by atoms with Crippen LogP contribution in [0.25, 0.3) is 0 Å². The maximum Gasteiger partial charge on any atom is 0.0571 e. The van der Waals surface area contributed by atoms with Gasteiger partial charge in [-0.25, -0.2) is 0 Å². The lowest BCUT2D eigenvalue weighted by Crippen LogP contribution is -1.95. The Morgan fingerprint density at radius 2 is 0.731 bits per heavy atom. The smallest absolute Gasteiger partial charge is 0.0571 e. The highest BCUT2D eigenvalue weighted by atomic mass is 79.9. The molecule has 0 spiro atoms. The Kier molecular flexibility index (Phi) is 31.5. The maximum atomic E-state index is 3.46. The highest BCUT2D eigenvalue weighted by Crippen LogP contribution is 2.38. The molecule has 0 aromatic carbocycles. The van der Waals surface area contributed by atoms with Crippen molar-refractivity contribution in [2.24, 2.45) is 0 Å². The molecule has 0 heterocycles. The largest absolute Gasteiger partial charge is 0.0928 e. The highest BCUT2D eigenvalue weighted by molar-refractivity contribution is 9.09. The molecule has 0 aliphatic carbocycles. The molecule has 0 radical (unpaired) electrons. The molecule has 0 aromatic heterocycles. The SMILES string of the molecule is CCCCCCCCCCCCBr.CCCC[PH+](CCCC)CCCC. The summed E-state index contributed by atoms with van der Waals surface area (Å²) in [6, 6.07) is 0. The van der Waals surface area contributed by atoms with Crippen LogP contribution < -0.4 is 0 Å². The van der Waals surface area contributed by atoms with Gasteiger partial charge >= 0.3 is 0 Å². The van der Waals surface area contributed by atoms with Crippen molar-refractivity contribution in [3.05, 3.63) is 0 Å². The third-order valence-electron chi connectivity index (χ3n) is 5.14. The van der Waals surface area contributed by atoms with E-state index < -0.39 is 0 Å². The van der Waals surface area contributed by atoms with Crippen molar-refractivity contribution in [2.45, 2.75) is 130 Å². The molecule has 0 aliphatic heterocycles. The Morgan fingerprint density at radius 1 is 0.423 bits per heavy atom. The quantitative estimate of drug-likeness (QED) is 0.104. The second-order valence-electron chi connectivity index (χ2n) is 7.93. The van der Waals surface area contributed by atoms with Crippen LogP contribution in [0.4, 0.5) is 0 Å². The van der Waals surface area contributed by atoms with Crippen LogP contribution >= 0.6 is 23.9 Å². The minimum Gasteiger partial charge on any atom is -0.0928 e. The van der Waals surface area contributed by atoms with Gasteiger partial charge in [0.2, 0.25) is 0 Å².